The molecule has 0 aliphatic carbocycles. The highest BCUT2D eigenvalue weighted by atomic mass is 16.6. The van der Waals surface area contributed by atoms with Crippen molar-refractivity contribution in [3.63, 3.8) is 0 Å². The van der Waals surface area contributed by atoms with Gasteiger partial charge in [-0.1, -0.05) is 87.4 Å². The number of nitrogens with zero attached hydrogens (tertiary/aromatic N) is 1. The molecule has 41 heavy (non-hydrogen) atoms. The van der Waals surface area contributed by atoms with Gasteiger partial charge in [0.2, 0.25) is 17.7 Å². The molecule has 0 saturated carbocycles. The van der Waals surface area contributed by atoms with Crippen molar-refractivity contribution in [3.8, 4) is 0 Å². The van der Waals surface area contributed by atoms with E-state index in [-0.39, 0.29) is 13.1 Å². The highest BCUT2D eigenvalue weighted by Crippen LogP contribution is 2.25. The number of carbonyl (C=O) groups excluding carboxylic acids is 4. The highest BCUT2D eigenvalue weighted by Gasteiger charge is 2.36. The number of carbonyl (C=O) groups is 4. The summed E-state index contributed by atoms with van der Waals surface area (Å²) in [5.41, 5.74) is 6.91. The summed E-state index contributed by atoms with van der Waals surface area (Å²) in [7, 11) is 0. The molecule has 0 aliphatic rings. The number of nitrogens with two attached hydrogens (primary N) is 1. The molecule has 0 fully saturated rings. The van der Waals surface area contributed by atoms with Crippen LogP contribution < -0.4 is 16.4 Å². The summed E-state index contributed by atoms with van der Waals surface area (Å²) in [5.74, 6) is -1.77. The molecule has 9 nitrogen and oxygen atoms in total. The molecule has 9 heteroatoms. The second kappa shape index (κ2) is 16.2. The van der Waals surface area contributed by atoms with Gasteiger partial charge >= 0.3 is 6.09 Å². The first-order chi connectivity index (χ1) is 19.4. The van der Waals surface area contributed by atoms with Crippen molar-refractivity contribution in [2.75, 3.05) is 6.54 Å². The van der Waals surface area contributed by atoms with E-state index in [0.717, 1.165) is 30.4 Å². The number of nitrogens with one attached hydrogen (secondary N) is 2. The molecule has 2 unspecified atom stereocenters. The normalized spacial score (nSPS) is 12.5. The average Bonchev–Trinajstić information content (AvgIpc) is 2.92. The van der Waals surface area contributed by atoms with Gasteiger partial charge in [-0.25, -0.2) is 4.79 Å². The SMILES string of the molecule is C=Cc1cccc(C(C(=O)NCc2ccccc2)N(CCCCCC)C(=O)C(CC(N)=O)NC(=O)OC(C)(C)C)c1. The molecule has 2 aromatic carbocycles. The number of hydrogen-bond acceptors (Lipinski definition) is 5. The van der Waals surface area contributed by atoms with Gasteiger partial charge in [-0.3, -0.25) is 14.4 Å². The molecule has 4 N–H and O–H groups in total. The number of ether oxygens (including phenoxy) is 1. The maximum absolute atomic E-state index is 14.1. The Morgan fingerprint density at radius 2 is 1.73 bits per heavy atom. The van der Waals surface area contributed by atoms with Crippen LogP contribution in [0.3, 0.4) is 0 Å². The molecular weight excluding hydrogens is 520 g/mol. The molecule has 0 spiro atoms. The summed E-state index contributed by atoms with van der Waals surface area (Å²) in [6.07, 6.45) is 3.76. The van der Waals surface area contributed by atoms with E-state index in [1.165, 1.54) is 4.90 Å². The smallest absolute Gasteiger partial charge is 0.408 e. The van der Waals surface area contributed by atoms with Gasteiger partial charge in [0.15, 0.2) is 0 Å². The lowest BCUT2D eigenvalue weighted by Crippen LogP contribution is -2.54. The third kappa shape index (κ3) is 11.5. The van der Waals surface area contributed by atoms with Crippen LogP contribution in [0.5, 0.6) is 0 Å². The van der Waals surface area contributed by atoms with Crippen LogP contribution >= 0.6 is 0 Å². The van der Waals surface area contributed by atoms with Gasteiger partial charge in [0.25, 0.3) is 0 Å². The third-order valence-corrected chi connectivity index (χ3v) is 6.26. The summed E-state index contributed by atoms with van der Waals surface area (Å²) in [4.78, 5) is 54.1. The number of alkyl carbamates (subject to hydrolysis) is 1. The third-order valence-electron chi connectivity index (χ3n) is 6.26. The number of hydrogen-bond donors (Lipinski definition) is 3. The van der Waals surface area contributed by atoms with Crippen molar-refractivity contribution in [1.82, 2.24) is 15.5 Å². The van der Waals surface area contributed by atoms with Crippen molar-refractivity contribution in [2.24, 2.45) is 5.73 Å². The Kier molecular flexibility index (Phi) is 13.1. The Bertz CT molecular complexity index is 1180. The number of primary amides is 1. The van der Waals surface area contributed by atoms with Gasteiger partial charge in [0.05, 0.1) is 6.42 Å². The zero-order valence-corrected chi connectivity index (χ0v) is 24.7. The first-order valence-corrected chi connectivity index (χ1v) is 14.1. The predicted octanol–water partition coefficient (Wildman–Crippen LogP) is 4.86. The molecule has 2 aromatic rings. The Labute approximate surface area is 243 Å². The topological polar surface area (TPSA) is 131 Å². The van der Waals surface area contributed by atoms with Gasteiger partial charge in [0.1, 0.15) is 17.7 Å². The largest absolute Gasteiger partial charge is 0.444 e. The molecule has 4 amide bonds. The molecule has 0 bridgehead atoms. The lowest BCUT2D eigenvalue weighted by atomic mass is 9.99. The van der Waals surface area contributed by atoms with Crippen LogP contribution in [0.2, 0.25) is 0 Å². The fourth-order valence-electron chi connectivity index (χ4n) is 4.34. The summed E-state index contributed by atoms with van der Waals surface area (Å²) in [6.45, 7) is 11.5. The number of amides is 4. The zero-order valence-electron chi connectivity index (χ0n) is 24.7. The van der Waals surface area contributed by atoms with Crippen LogP contribution in [0.25, 0.3) is 6.08 Å². The molecule has 0 radical (unpaired) electrons. The van der Waals surface area contributed by atoms with Gasteiger partial charge in [-0.2, -0.15) is 0 Å². The van der Waals surface area contributed by atoms with Gasteiger partial charge in [-0.15, -0.1) is 0 Å². The molecule has 2 atom stereocenters. The maximum atomic E-state index is 14.1. The fraction of sp³-hybridized carbons (Fsp3) is 0.438. The Hall–Kier alpha value is -4.14. The van der Waals surface area contributed by atoms with E-state index in [9.17, 15) is 19.2 Å². The van der Waals surface area contributed by atoms with Crippen molar-refractivity contribution in [3.05, 3.63) is 77.9 Å². The fourth-order valence-corrected chi connectivity index (χ4v) is 4.34. The first kappa shape index (κ1) is 33.1. The lowest BCUT2D eigenvalue weighted by molar-refractivity contribution is -0.143. The van der Waals surface area contributed by atoms with Crippen molar-refractivity contribution >= 4 is 29.9 Å². The minimum absolute atomic E-state index is 0.228. The van der Waals surface area contributed by atoms with Crippen LogP contribution in [-0.4, -0.2) is 46.9 Å². The average molecular weight is 565 g/mol. The highest BCUT2D eigenvalue weighted by molar-refractivity contribution is 5.94. The number of unbranched alkanes of at least 4 members (excludes halogenated alkanes) is 3. The quantitative estimate of drug-likeness (QED) is 0.266. The van der Waals surface area contributed by atoms with Crippen LogP contribution in [0, 0.1) is 0 Å². The zero-order chi connectivity index (χ0) is 30.4. The molecular formula is C32H44N4O5. The lowest BCUT2D eigenvalue weighted by Gasteiger charge is -2.34. The summed E-state index contributed by atoms with van der Waals surface area (Å²) < 4.78 is 5.34. The first-order valence-electron chi connectivity index (χ1n) is 14.1. The predicted molar refractivity (Wildman–Crippen MR) is 160 cm³/mol. The Balaban J connectivity index is 2.52. The second-order valence-corrected chi connectivity index (χ2v) is 10.9. The molecule has 0 aliphatic heterocycles. The van der Waals surface area contributed by atoms with E-state index < -0.39 is 47.9 Å². The summed E-state index contributed by atoms with van der Waals surface area (Å²) >= 11 is 0. The monoisotopic (exact) mass is 564 g/mol. The van der Waals surface area contributed by atoms with Crippen LogP contribution in [-0.2, 0) is 25.7 Å². The van der Waals surface area contributed by atoms with E-state index in [1.54, 1.807) is 45.0 Å². The Morgan fingerprint density at radius 1 is 1.02 bits per heavy atom. The minimum Gasteiger partial charge on any atom is -0.444 e. The summed E-state index contributed by atoms with van der Waals surface area (Å²) in [5, 5.41) is 5.47. The van der Waals surface area contributed by atoms with Crippen molar-refractivity contribution in [2.45, 2.75) is 84.0 Å². The van der Waals surface area contributed by atoms with Gasteiger partial charge < -0.3 is 26.0 Å². The number of rotatable bonds is 15. The van der Waals surface area contributed by atoms with Gasteiger partial charge in [0, 0.05) is 13.1 Å². The van der Waals surface area contributed by atoms with Crippen LogP contribution in [0.1, 0.15) is 82.5 Å². The summed E-state index contributed by atoms with van der Waals surface area (Å²) in [6, 6.07) is 14.3. The molecule has 222 valence electrons. The standard InChI is InChI=1S/C32H44N4O5/c1-6-8-9-13-19-36(30(39)26(21-27(33)37)35-31(40)41-32(3,4)5)28(25-18-14-17-23(7-2)20-25)29(38)34-22-24-15-11-10-12-16-24/h7,10-12,14-18,20,26,28H,2,6,8-9,13,19,21-22H2,1,3-5H3,(H2,33,37)(H,34,38)(H,35,40). The second-order valence-electron chi connectivity index (χ2n) is 10.9. The van der Waals surface area contributed by atoms with Crippen molar-refractivity contribution in [1.29, 1.82) is 0 Å². The molecule has 0 aromatic heterocycles. The van der Waals surface area contributed by atoms with E-state index in [2.05, 4.69) is 24.1 Å². The van der Waals surface area contributed by atoms with Crippen molar-refractivity contribution < 1.29 is 23.9 Å². The van der Waals surface area contributed by atoms with Crippen LogP contribution in [0.15, 0.2) is 61.2 Å². The molecule has 2 rings (SSSR count). The minimum atomic E-state index is -1.32. The van der Waals surface area contributed by atoms with Gasteiger partial charge in [-0.05, 0) is 49.9 Å². The van der Waals surface area contributed by atoms with Crippen LogP contribution in [0.4, 0.5) is 4.79 Å². The van der Waals surface area contributed by atoms with E-state index in [1.807, 2.05) is 36.4 Å². The maximum Gasteiger partial charge on any atom is 0.408 e. The molecule has 0 saturated heterocycles. The Morgan fingerprint density at radius 3 is 2.34 bits per heavy atom. The molecule has 0 heterocycles. The number of benzene rings is 2. The van der Waals surface area contributed by atoms with E-state index in [4.69, 9.17) is 10.5 Å². The van der Waals surface area contributed by atoms with E-state index in [0.29, 0.717) is 12.0 Å². The van der Waals surface area contributed by atoms with E-state index >= 15 is 0 Å².